The molecule has 2 heterocycles. The monoisotopic (exact) mass is 305 g/mol. The quantitative estimate of drug-likeness (QED) is 0.813. The normalized spacial score (nSPS) is 18.9. The summed E-state index contributed by atoms with van der Waals surface area (Å²) in [6, 6.07) is 8.23. The van der Waals surface area contributed by atoms with Crippen molar-refractivity contribution >= 4 is 11.8 Å². The molecule has 6 heteroatoms. The fraction of sp³-hybridized carbons (Fsp3) is 0.467. The van der Waals surface area contributed by atoms with Crippen LogP contribution in [0.3, 0.4) is 0 Å². The Labute approximate surface area is 128 Å². The third-order valence-corrected chi connectivity index (χ3v) is 4.74. The van der Waals surface area contributed by atoms with Gasteiger partial charge >= 0.3 is 0 Å². The molecule has 0 spiro atoms. The maximum atomic E-state index is 5.55. The van der Waals surface area contributed by atoms with Gasteiger partial charge in [0.15, 0.2) is 11.0 Å². The predicted octanol–water partition coefficient (Wildman–Crippen LogP) is 2.65. The summed E-state index contributed by atoms with van der Waals surface area (Å²) in [6.45, 7) is 3.27. The molecule has 3 rings (SSSR count). The Balaban J connectivity index is 1.72. The van der Waals surface area contributed by atoms with Crippen LogP contribution in [-0.4, -0.2) is 40.0 Å². The molecule has 0 saturated carbocycles. The van der Waals surface area contributed by atoms with Gasteiger partial charge < -0.3 is 14.0 Å². The maximum absolute atomic E-state index is 5.55. The Morgan fingerprint density at radius 1 is 1.33 bits per heavy atom. The van der Waals surface area contributed by atoms with Crippen molar-refractivity contribution in [3.63, 3.8) is 0 Å². The van der Waals surface area contributed by atoms with Gasteiger partial charge in [-0.05, 0) is 18.9 Å². The van der Waals surface area contributed by atoms with E-state index in [1.54, 1.807) is 11.8 Å². The van der Waals surface area contributed by atoms with Crippen molar-refractivity contribution in [3.05, 3.63) is 29.8 Å². The van der Waals surface area contributed by atoms with Crippen molar-refractivity contribution in [2.45, 2.75) is 24.6 Å². The average molecular weight is 305 g/mol. The maximum Gasteiger partial charge on any atom is 0.191 e. The second kappa shape index (κ2) is 6.60. The predicted molar refractivity (Wildman–Crippen MR) is 82.2 cm³/mol. The molecule has 1 aliphatic heterocycles. The van der Waals surface area contributed by atoms with E-state index in [4.69, 9.17) is 9.47 Å². The molecule has 0 aliphatic carbocycles. The molecule has 1 aromatic carbocycles. The van der Waals surface area contributed by atoms with E-state index in [1.807, 2.05) is 23.7 Å². The molecule has 0 N–H and O–H groups in total. The lowest BCUT2D eigenvalue weighted by molar-refractivity contribution is -0.130. The Kier molecular flexibility index (Phi) is 4.57. The molecule has 2 aromatic rings. The van der Waals surface area contributed by atoms with Crippen LogP contribution in [0.2, 0.25) is 0 Å². The molecule has 1 fully saturated rings. The van der Waals surface area contributed by atoms with Crippen LogP contribution in [0.15, 0.2) is 29.4 Å². The zero-order valence-electron chi connectivity index (χ0n) is 12.3. The molecule has 0 radical (unpaired) electrons. The molecule has 0 unspecified atom stereocenters. The van der Waals surface area contributed by atoms with Crippen molar-refractivity contribution in [2.75, 3.05) is 19.2 Å². The first kappa shape index (κ1) is 14.6. The lowest BCUT2D eigenvalue weighted by atomic mass is 10.1. The molecule has 1 atom stereocenters. The molecule has 21 heavy (non-hydrogen) atoms. The smallest absolute Gasteiger partial charge is 0.191 e. The number of aromatic nitrogens is 3. The van der Waals surface area contributed by atoms with Gasteiger partial charge in [-0.2, -0.15) is 0 Å². The largest absolute Gasteiger partial charge is 0.355 e. The van der Waals surface area contributed by atoms with E-state index in [-0.39, 0.29) is 6.10 Å². The summed E-state index contributed by atoms with van der Waals surface area (Å²) in [5, 5.41) is 9.56. The summed E-state index contributed by atoms with van der Waals surface area (Å²) < 4.78 is 12.8. The highest BCUT2D eigenvalue weighted by molar-refractivity contribution is 7.99. The first-order valence-corrected chi connectivity index (χ1v) is 8.02. The zero-order valence-corrected chi connectivity index (χ0v) is 13.1. The van der Waals surface area contributed by atoms with Gasteiger partial charge in [0.1, 0.15) is 6.79 Å². The fourth-order valence-electron chi connectivity index (χ4n) is 2.30. The fourth-order valence-corrected chi connectivity index (χ4v) is 3.28. The van der Waals surface area contributed by atoms with E-state index in [0.717, 1.165) is 35.3 Å². The number of hydrogen-bond donors (Lipinski definition) is 0. The SMILES string of the molecule is Cc1ccccc1-c1nnc(SC[C@@H]2CCOCO2)n1C. The highest BCUT2D eigenvalue weighted by atomic mass is 32.2. The van der Waals surface area contributed by atoms with Crippen molar-refractivity contribution < 1.29 is 9.47 Å². The number of hydrogen-bond acceptors (Lipinski definition) is 5. The van der Waals surface area contributed by atoms with E-state index in [1.165, 1.54) is 5.56 Å². The van der Waals surface area contributed by atoms with Gasteiger partial charge in [-0.3, -0.25) is 0 Å². The molecule has 5 nitrogen and oxygen atoms in total. The van der Waals surface area contributed by atoms with Crippen molar-refractivity contribution in [3.8, 4) is 11.4 Å². The van der Waals surface area contributed by atoms with Crippen LogP contribution in [0.5, 0.6) is 0 Å². The molecular weight excluding hydrogens is 286 g/mol. The number of nitrogens with zero attached hydrogens (tertiary/aromatic N) is 3. The molecule has 0 bridgehead atoms. The highest BCUT2D eigenvalue weighted by Gasteiger charge is 2.17. The van der Waals surface area contributed by atoms with Crippen LogP contribution in [0.4, 0.5) is 0 Å². The number of benzene rings is 1. The van der Waals surface area contributed by atoms with Crippen LogP contribution in [-0.2, 0) is 16.5 Å². The third-order valence-electron chi connectivity index (χ3n) is 3.59. The Hall–Kier alpha value is -1.37. The van der Waals surface area contributed by atoms with E-state index < -0.39 is 0 Å². The number of ether oxygens (including phenoxy) is 2. The van der Waals surface area contributed by atoms with Crippen LogP contribution >= 0.6 is 11.8 Å². The van der Waals surface area contributed by atoms with E-state index in [0.29, 0.717) is 6.79 Å². The minimum atomic E-state index is 0.238. The minimum absolute atomic E-state index is 0.238. The van der Waals surface area contributed by atoms with Gasteiger partial charge in [-0.25, -0.2) is 0 Å². The number of aryl methyl sites for hydroxylation is 1. The van der Waals surface area contributed by atoms with Crippen LogP contribution in [0.25, 0.3) is 11.4 Å². The number of rotatable bonds is 4. The van der Waals surface area contributed by atoms with Crippen molar-refractivity contribution in [2.24, 2.45) is 7.05 Å². The van der Waals surface area contributed by atoms with Gasteiger partial charge in [0.05, 0.1) is 12.7 Å². The molecule has 1 aliphatic rings. The van der Waals surface area contributed by atoms with Gasteiger partial charge in [0, 0.05) is 18.4 Å². The van der Waals surface area contributed by atoms with Gasteiger partial charge in [0.2, 0.25) is 0 Å². The summed E-state index contributed by atoms with van der Waals surface area (Å²) in [5.74, 6) is 1.78. The highest BCUT2D eigenvalue weighted by Crippen LogP contribution is 2.26. The summed E-state index contributed by atoms with van der Waals surface area (Å²) in [6.07, 6.45) is 1.18. The molecule has 1 aromatic heterocycles. The Bertz CT molecular complexity index is 609. The van der Waals surface area contributed by atoms with Gasteiger partial charge in [-0.15, -0.1) is 10.2 Å². The summed E-state index contributed by atoms with van der Waals surface area (Å²) in [4.78, 5) is 0. The third kappa shape index (κ3) is 3.28. The molecule has 112 valence electrons. The van der Waals surface area contributed by atoms with E-state index in [9.17, 15) is 0 Å². The van der Waals surface area contributed by atoms with Gasteiger partial charge in [0.25, 0.3) is 0 Å². The Morgan fingerprint density at radius 3 is 2.95 bits per heavy atom. The summed E-state index contributed by atoms with van der Waals surface area (Å²) in [7, 11) is 2.01. The van der Waals surface area contributed by atoms with E-state index in [2.05, 4.69) is 29.3 Å². The van der Waals surface area contributed by atoms with E-state index >= 15 is 0 Å². The average Bonchev–Trinajstić information content (AvgIpc) is 2.88. The zero-order chi connectivity index (χ0) is 14.7. The molecule has 0 amide bonds. The lowest BCUT2D eigenvalue weighted by Crippen LogP contribution is -2.25. The van der Waals surface area contributed by atoms with Crippen molar-refractivity contribution in [1.82, 2.24) is 14.8 Å². The first-order chi connectivity index (χ1) is 10.3. The minimum Gasteiger partial charge on any atom is -0.355 e. The van der Waals surface area contributed by atoms with Crippen LogP contribution in [0.1, 0.15) is 12.0 Å². The Morgan fingerprint density at radius 2 is 2.19 bits per heavy atom. The number of thioether (sulfide) groups is 1. The standard InChI is InChI=1S/C15H19N3O2S/c1-11-5-3-4-6-13(11)14-16-17-15(18(14)2)21-9-12-7-8-19-10-20-12/h3-6,12H,7-10H2,1-2H3/t12-/m0/s1. The summed E-state index contributed by atoms with van der Waals surface area (Å²) >= 11 is 1.68. The second-order valence-electron chi connectivity index (χ2n) is 5.09. The van der Waals surface area contributed by atoms with Crippen LogP contribution < -0.4 is 0 Å². The molecule has 1 saturated heterocycles. The lowest BCUT2D eigenvalue weighted by Gasteiger charge is -2.21. The summed E-state index contributed by atoms with van der Waals surface area (Å²) in [5.41, 5.74) is 2.33. The van der Waals surface area contributed by atoms with Crippen LogP contribution in [0, 0.1) is 6.92 Å². The second-order valence-corrected chi connectivity index (χ2v) is 6.08. The molecular formula is C15H19N3O2S. The first-order valence-electron chi connectivity index (χ1n) is 7.03. The van der Waals surface area contributed by atoms with Crippen molar-refractivity contribution in [1.29, 1.82) is 0 Å². The van der Waals surface area contributed by atoms with Gasteiger partial charge in [-0.1, -0.05) is 36.0 Å². The topological polar surface area (TPSA) is 49.2 Å².